The fraction of sp³-hybridized carbons (Fsp3) is 0. The monoisotopic (exact) mass is 617 g/mol. The van der Waals surface area contributed by atoms with Crippen molar-refractivity contribution >= 4 is 46.5 Å². The van der Waals surface area contributed by atoms with E-state index in [9.17, 15) is 0 Å². The zero-order valence-electron chi connectivity index (χ0n) is 25.7. The Morgan fingerprint density at radius 2 is 0.750 bits per heavy atom. The van der Waals surface area contributed by atoms with E-state index in [1.165, 1.54) is 0 Å². The first kappa shape index (κ1) is 27.6. The smallest absolute Gasteiger partial charge is 0.137 e. The summed E-state index contributed by atoms with van der Waals surface area (Å²) in [5.41, 5.74) is 14.5. The highest BCUT2D eigenvalue weighted by Crippen LogP contribution is 2.39. The molecule has 0 saturated heterocycles. The lowest BCUT2D eigenvalue weighted by molar-refractivity contribution is 0.667. The molecule has 0 radical (unpaired) electrons. The minimum Gasteiger partial charge on any atom is -0.456 e. The molecule has 6 nitrogen and oxygen atoms in total. The molecule has 0 saturated carbocycles. The number of rotatable bonds is 4. The summed E-state index contributed by atoms with van der Waals surface area (Å²) in [6.45, 7) is 0. The minimum atomic E-state index is 0.727. The molecule has 226 valence electrons. The summed E-state index contributed by atoms with van der Waals surface area (Å²) >= 11 is 0. The molecule has 1 N–H and O–H groups in total. The quantitative estimate of drug-likeness (QED) is 0.213. The van der Waals surface area contributed by atoms with Gasteiger partial charge in [-0.3, -0.25) is 9.97 Å². The summed E-state index contributed by atoms with van der Waals surface area (Å²) < 4.78 is 6.81. The number of aromatic amines is 1. The molecular formula is C42H27N5O. The van der Waals surface area contributed by atoms with Gasteiger partial charge in [0.15, 0.2) is 0 Å². The topological polar surface area (TPSA) is 80.5 Å². The van der Waals surface area contributed by atoms with Crippen LogP contribution >= 0.6 is 0 Å². The number of pyridine rings is 2. The number of hydrogen-bond donors (Lipinski definition) is 1. The van der Waals surface area contributed by atoms with E-state index in [0.717, 1.165) is 89.5 Å². The Kier molecular flexibility index (Phi) is 6.68. The number of nitrogens with one attached hydrogen (secondary N) is 1. The number of furan rings is 1. The Balaban J connectivity index is 1.49. The minimum absolute atomic E-state index is 0.727. The summed E-state index contributed by atoms with van der Waals surface area (Å²) in [5, 5.41) is 0. The molecule has 0 atom stereocenters. The zero-order valence-corrected chi connectivity index (χ0v) is 25.7. The van der Waals surface area contributed by atoms with Crippen molar-refractivity contribution in [3.63, 3.8) is 0 Å². The first-order chi connectivity index (χ1) is 23.8. The van der Waals surface area contributed by atoms with Crippen LogP contribution in [0.2, 0.25) is 0 Å². The van der Waals surface area contributed by atoms with Gasteiger partial charge in [-0.15, -0.1) is 0 Å². The second kappa shape index (κ2) is 11.6. The van der Waals surface area contributed by atoms with Crippen molar-refractivity contribution in [1.82, 2.24) is 24.9 Å². The highest BCUT2D eigenvalue weighted by molar-refractivity contribution is 5.98. The molecule has 2 aromatic carbocycles. The van der Waals surface area contributed by atoms with Gasteiger partial charge >= 0.3 is 0 Å². The van der Waals surface area contributed by atoms with Crippen LogP contribution in [0.1, 0.15) is 22.8 Å². The third-order valence-corrected chi connectivity index (χ3v) is 8.69. The van der Waals surface area contributed by atoms with Gasteiger partial charge in [0.1, 0.15) is 11.2 Å². The van der Waals surface area contributed by atoms with Crippen LogP contribution in [0.5, 0.6) is 0 Å². The van der Waals surface area contributed by atoms with Crippen LogP contribution in [0.3, 0.4) is 0 Å². The number of aromatic nitrogens is 5. The van der Waals surface area contributed by atoms with Gasteiger partial charge in [-0.1, -0.05) is 60.7 Å². The van der Waals surface area contributed by atoms with E-state index in [1.54, 1.807) is 0 Å². The maximum atomic E-state index is 6.81. The summed E-state index contributed by atoms with van der Waals surface area (Å²) in [7, 11) is 0. The first-order valence-electron chi connectivity index (χ1n) is 15.8. The third kappa shape index (κ3) is 4.84. The predicted octanol–water partition coefficient (Wildman–Crippen LogP) is 10.4. The van der Waals surface area contributed by atoms with E-state index in [-0.39, 0.29) is 0 Å². The molecule has 6 heteroatoms. The maximum Gasteiger partial charge on any atom is 0.137 e. The fourth-order valence-electron chi connectivity index (χ4n) is 6.54. The molecule has 0 amide bonds. The van der Waals surface area contributed by atoms with Gasteiger partial charge in [-0.25, -0.2) is 9.97 Å². The molecular weight excluding hydrogens is 590 g/mol. The number of hydrogen-bond acceptors (Lipinski definition) is 5. The molecule has 7 aromatic rings. The van der Waals surface area contributed by atoms with Gasteiger partial charge in [-0.05, 0) is 95.1 Å². The van der Waals surface area contributed by atoms with E-state index in [0.29, 0.717) is 0 Å². The number of benzene rings is 2. The number of fused-ring (bicyclic) bond motifs is 8. The van der Waals surface area contributed by atoms with Crippen LogP contribution < -0.4 is 0 Å². The average molecular weight is 618 g/mol. The average Bonchev–Trinajstić information content (AvgIpc) is 3.98. The van der Waals surface area contributed by atoms with Gasteiger partial charge in [0.25, 0.3) is 0 Å². The van der Waals surface area contributed by atoms with E-state index < -0.39 is 0 Å². The van der Waals surface area contributed by atoms with Crippen molar-refractivity contribution in [2.75, 3.05) is 0 Å². The molecule has 9 rings (SSSR count). The number of nitrogens with zero attached hydrogens (tertiary/aromatic N) is 4. The Morgan fingerprint density at radius 3 is 1.17 bits per heavy atom. The van der Waals surface area contributed by atoms with Crippen molar-refractivity contribution in [3.8, 4) is 44.5 Å². The number of H-pyrrole nitrogens is 1. The second-order valence-corrected chi connectivity index (χ2v) is 11.6. The predicted molar refractivity (Wildman–Crippen MR) is 194 cm³/mol. The van der Waals surface area contributed by atoms with E-state index in [2.05, 4.69) is 75.7 Å². The largest absolute Gasteiger partial charge is 0.456 e. The highest BCUT2D eigenvalue weighted by atomic mass is 16.3. The standard InChI is InChI=1S/C42H27N5O/c1-3-7-27(8-4-1)41-35-15-13-33(46-35)39(29-19-23-43-24-20-29)31-11-12-32(45-31)40(30-21-25-44-26-22-30)34-14-16-36(47-34)42(28-9-5-2-6-10-28)38-18-17-37(41)48-38/h1-26,45H. The summed E-state index contributed by atoms with van der Waals surface area (Å²) in [5.74, 6) is 0. The molecule has 2 aliphatic rings. The molecule has 2 aliphatic heterocycles. The zero-order chi connectivity index (χ0) is 31.9. The van der Waals surface area contributed by atoms with Crippen molar-refractivity contribution in [3.05, 3.63) is 157 Å². The molecule has 0 spiro atoms. The lowest BCUT2D eigenvalue weighted by Crippen LogP contribution is -1.89. The first-order valence-corrected chi connectivity index (χ1v) is 15.8. The lowest BCUT2D eigenvalue weighted by Gasteiger charge is -2.06. The van der Waals surface area contributed by atoms with Crippen molar-refractivity contribution in [1.29, 1.82) is 0 Å². The van der Waals surface area contributed by atoms with Crippen LogP contribution in [0, 0.1) is 0 Å². The van der Waals surface area contributed by atoms with Crippen LogP contribution in [0.15, 0.2) is 138 Å². The van der Waals surface area contributed by atoms with E-state index in [1.807, 2.05) is 97.6 Å². The molecule has 48 heavy (non-hydrogen) atoms. The van der Waals surface area contributed by atoms with Crippen LogP contribution in [-0.2, 0) is 0 Å². The van der Waals surface area contributed by atoms with Crippen LogP contribution in [0.4, 0.5) is 0 Å². The normalized spacial score (nSPS) is 12.0. The maximum absolute atomic E-state index is 6.81. The van der Waals surface area contributed by atoms with Crippen molar-refractivity contribution < 1.29 is 4.42 Å². The Hall–Kier alpha value is -6.66. The van der Waals surface area contributed by atoms with Gasteiger partial charge < -0.3 is 9.40 Å². The molecule has 7 heterocycles. The van der Waals surface area contributed by atoms with E-state index >= 15 is 0 Å². The Bertz CT molecular complexity index is 2180. The van der Waals surface area contributed by atoms with Crippen molar-refractivity contribution in [2.45, 2.75) is 0 Å². The van der Waals surface area contributed by atoms with Gasteiger partial charge in [-0.2, -0.15) is 0 Å². The Morgan fingerprint density at radius 1 is 0.375 bits per heavy atom. The van der Waals surface area contributed by atoms with Crippen LogP contribution in [0.25, 0.3) is 91.0 Å². The summed E-state index contributed by atoms with van der Waals surface area (Å²) in [6.07, 6.45) is 15.6. The molecule has 0 aliphatic carbocycles. The van der Waals surface area contributed by atoms with Gasteiger partial charge in [0.05, 0.1) is 33.9 Å². The summed E-state index contributed by atoms with van der Waals surface area (Å²) in [6, 6.07) is 37.0. The van der Waals surface area contributed by atoms with Gasteiger partial charge in [0.2, 0.25) is 0 Å². The van der Waals surface area contributed by atoms with Crippen LogP contribution in [-0.4, -0.2) is 24.9 Å². The lowest BCUT2D eigenvalue weighted by atomic mass is 10.0. The molecule has 0 unspecified atom stereocenters. The van der Waals surface area contributed by atoms with Gasteiger partial charge in [0, 0.05) is 46.9 Å². The molecule has 5 aromatic heterocycles. The SMILES string of the molecule is C1=Cc2nc1c(-c1ccncc1)c1ccc([nH]1)c(-c1ccncc1)c1nc(c(-c3ccccc3)c3ccc(o3)c2-c2ccccc2)C=C1. The highest BCUT2D eigenvalue weighted by Gasteiger charge is 2.19. The van der Waals surface area contributed by atoms with Crippen molar-refractivity contribution in [2.24, 2.45) is 0 Å². The Labute approximate surface area is 276 Å². The van der Waals surface area contributed by atoms with E-state index in [4.69, 9.17) is 14.4 Å². The molecule has 0 fully saturated rings. The molecule has 8 bridgehead atoms. The third-order valence-electron chi connectivity index (χ3n) is 8.69. The summed E-state index contributed by atoms with van der Waals surface area (Å²) in [4.78, 5) is 22.9. The second-order valence-electron chi connectivity index (χ2n) is 11.6. The fourth-order valence-corrected chi connectivity index (χ4v) is 6.54.